The van der Waals surface area contributed by atoms with Crippen LogP contribution in [0.15, 0.2) is 18.2 Å². The van der Waals surface area contributed by atoms with Crippen LogP contribution in [0.25, 0.3) is 0 Å². The molecule has 0 unspecified atom stereocenters. The molecule has 1 amide bonds. The fraction of sp³-hybridized carbons (Fsp3) is 0.462. The largest absolute Gasteiger partial charge is 0.399 e. The van der Waals surface area contributed by atoms with Crippen molar-refractivity contribution in [3.05, 3.63) is 28.8 Å². The highest BCUT2D eigenvalue weighted by Crippen LogP contribution is 2.24. The Labute approximate surface area is 108 Å². The van der Waals surface area contributed by atoms with Gasteiger partial charge in [0.25, 0.3) is 5.91 Å². The molecule has 0 aliphatic heterocycles. The fourth-order valence-electron chi connectivity index (χ4n) is 1.40. The average Bonchev–Trinajstić information content (AvgIpc) is 2.30. The van der Waals surface area contributed by atoms with Crippen LogP contribution >= 0.6 is 11.6 Å². The van der Waals surface area contributed by atoms with Crippen LogP contribution in [0, 0.1) is 0 Å². The van der Waals surface area contributed by atoms with E-state index in [2.05, 4.69) is 0 Å². The van der Waals surface area contributed by atoms with Crippen LogP contribution in [-0.4, -0.2) is 23.4 Å². The van der Waals surface area contributed by atoms with Crippen LogP contribution in [-0.2, 0) is 0 Å². The minimum absolute atomic E-state index is 0.103. The molecule has 0 aliphatic carbocycles. The zero-order chi connectivity index (χ0) is 13.2. The summed E-state index contributed by atoms with van der Waals surface area (Å²) in [5.41, 5.74) is 6.47. The van der Waals surface area contributed by atoms with E-state index >= 15 is 0 Å². The molecule has 0 heterocycles. The minimum Gasteiger partial charge on any atom is -0.399 e. The lowest BCUT2D eigenvalue weighted by atomic mass is 9.99. The molecule has 1 rings (SSSR count). The molecule has 17 heavy (non-hydrogen) atoms. The van der Waals surface area contributed by atoms with Crippen LogP contribution in [0.3, 0.4) is 0 Å². The summed E-state index contributed by atoms with van der Waals surface area (Å²) in [5.74, 6) is -0.103. The van der Waals surface area contributed by atoms with Gasteiger partial charge in [0.1, 0.15) is 0 Å². The molecule has 0 radical (unpaired) electrons. The summed E-state index contributed by atoms with van der Waals surface area (Å²) in [4.78, 5) is 14.0. The highest BCUT2D eigenvalue weighted by Gasteiger charge is 2.27. The molecule has 3 nitrogen and oxygen atoms in total. The van der Waals surface area contributed by atoms with Crippen molar-refractivity contribution in [2.45, 2.75) is 32.7 Å². The number of hydrogen-bond acceptors (Lipinski definition) is 2. The van der Waals surface area contributed by atoms with Crippen molar-refractivity contribution in [1.29, 1.82) is 0 Å². The lowest BCUT2D eigenvalue weighted by Gasteiger charge is -2.35. The molecule has 1 aromatic carbocycles. The van der Waals surface area contributed by atoms with E-state index in [0.717, 1.165) is 6.42 Å². The van der Waals surface area contributed by atoms with Crippen LogP contribution in [0.4, 0.5) is 5.69 Å². The van der Waals surface area contributed by atoms with Gasteiger partial charge in [-0.1, -0.05) is 18.5 Å². The Morgan fingerprint density at radius 1 is 1.47 bits per heavy atom. The Balaban J connectivity index is 3.08. The average molecular weight is 255 g/mol. The molecule has 0 spiro atoms. The monoisotopic (exact) mass is 254 g/mol. The number of hydrogen-bond donors (Lipinski definition) is 1. The first-order valence-electron chi connectivity index (χ1n) is 5.62. The summed E-state index contributed by atoms with van der Waals surface area (Å²) in [6.07, 6.45) is 0.870. The van der Waals surface area contributed by atoms with Gasteiger partial charge in [0.2, 0.25) is 0 Å². The number of benzene rings is 1. The standard InChI is InChI=1S/C13H19ClN2O/c1-5-13(2,3)16(4)12(17)10-8-9(15)6-7-11(10)14/h6-8H,5,15H2,1-4H3. The number of amides is 1. The van der Waals surface area contributed by atoms with Gasteiger partial charge < -0.3 is 10.6 Å². The lowest BCUT2D eigenvalue weighted by Crippen LogP contribution is -2.44. The van der Waals surface area contributed by atoms with Crippen molar-refractivity contribution in [2.24, 2.45) is 0 Å². The summed E-state index contributed by atoms with van der Waals surface area (Å²) in [6.45, 7) is 6.08. The molecule has 0 saturated heterocycles. The zero-order valence-corrected chi connectivity index (χ0v) is 11.5. The third kappa shape index (κ3) is 2.91. The van der Waals surface area contributed by atoms with E-state index in [4.69, 9.17) is 17.3 Å². The first kappa shape index (κ1) is 13.8. The number of carbonyl (C=O) groups excluding carboxylic acids is 1. The van der Waals surface area contributed by atoms with Gasteiger partial charge in [0.15, 0.2) is 0 Å². The molecule has 0 aromatic heterocycles. The Kier molecular flexibility index (Phi) is 4.04. The maximum Gasteiger partial charge on any atom is 0.255 e. The van der Waals surface area contributed by atoms with Crippen molar-refractivity contribution < 1.29 is 4.79 Å². The normalized spacial score (nSPS) is 11.4. The molecule has 0 aliphatic rings. The van der Waals surface area contributed by atoms with Gasteiger partial charge in [-0.05, 0) is 38.5 Å². The lowest BCUT2D eigenvalue weighted by molar-refractivity contribution is 0.0620. The van der Waals surface area contributed by atoms with Crippen molar-refractivity contribution in [2.75, 3.05) is 12.8 Å². The maximum atomic E-state index is 12.3. The van der Waals surface area contributed by atoms with Gasteiger partial charge >= 0.3 is 0 Å². The second kappa shape index (κ2) is 4.96. The van der Waals surface area contributed by atoms with Crippen LogP contribution in [0.1, 0.15) is 37.6 Å². The fourth-order valence-corrected chi connectivity index (χ4v) is 1.60. The van der Waals surface area contributed by atoms with Gasteiger partial charge in [0, 0.05) is 18.3 Å². The topological polar surface area (TPSA) is 46.3 Å². The second-order valence-electron chi connectivity index (χ2n) is 4.77. The van der Waals surface area contributed by atoms with Gasteiger partial charge in [0.05, 0.1) is 10.6 Å². The number of halogens is 1. The molecule has 0 atom stereocenters. The van der Waals surface area contributed by atoms with Crippen LogP contribution in [0.2, 0.25) is 5.02 Å². The highest BCUT2D eigenvalue weighted by molar-refractivity contribution is 6.34. The van der Waals surface area contributed by atoms with Crippen molar-refractivity contribution in [3.63, 3.8) is 0 Å². The molecular weight excluding hydrogens is 236 g/mol. The van der Waals surface area contributed by atoms with E-state index < -0.39 is 0 Å². The van der Waals surface area contributed by atoms with Gasteiger partial charge in [-0.15, -0.1) is 0 Å². The number of carbonyl (C=O) groups is 1. The van der Waals surface area contributed by atoms with E-state index in [1.807, 2.05) is 20.8 Å². The number of rotatable bonds is 3. The minimum atomic E-state index is -0.203. The Morgan fingerprint density at radius 2 is 2.06 bits per heavy atom. The molecule has 1 aromatic rings. The van der Waals surface area contributed by atoms with Crippen LogP contribution < -0.4 is 5.73 Å². The molecule has 0 saturated carbocycles. The van der Waals surface area contributed by atoms with Gasteiger partial charge in [-0.3, -0.25) is 4.79 Å². The number of nitrogen functional groups attached to an aromatic ring is 1. The van der Waals surface area contributed by atoms with E-state index in [1.54, 1.807) is 30.1 Å². The predicted molar refractivity (Wildman–Crippen MR) is 72.3 cm³/mol. The maximum absolute atomic E-state index is 12.3. The van der Waals surface area contributed by atoms with E-state index in [9.17, 15) is 4.79 Å². The number of nitrogens with zero attached hydrogens (tertiary/aromatic N) is 1. The molecule has 2 N–H and O–H groups in total. The van der Waals surface area contributed by atoms with Crippen molar-refractivity contribution >= 4 is 23.2 Å². The SMILES string of the molecule is CCC(C)(C)N(C)C(=O)c1cc(N)ccc1Cl. The Hall–Kier alpha value is -1.22. The van der Waals surface area contributed by atoms with E-state index in [0.29, 0.717) is 16.3 Å². The van der Waals surface area contributed by atoms with Gasteiger partial charge in [-0.2, -0.15) is 0 Å². The third-order valence-electron chi connectivity index (χ3n) is 3.30. The summed E-state index contributed by atoms with van der Waals surface area (Å²) in [7, 11) is 1.78. The van der Waals surface area contributed by atoms with E-state index in [1.165, 1.54) is 0 Å². The van der Waals surface area contributed by atoms with Crippen molar-refractivity contribution in [1.82, 2.24) is 4.90 Å². The highest BCUT2D eigenvalue weighted by atomic mass is 35.5. The summed E-state index contributed by atoms with van der Waals surface area (Å²) >= 11 is 6.03. The summed E-state index contributed by atoms with van der Waals surface area (Å²) < 4.78 is 0. The van der Waals surface area contributed by atoms with Gasteiger partial charge in [-0.25, -0.2) is 0 Å². The Morgan fingerprint density at radius 3 is 2.59 bits per heavy atom. The molecule has 0 fully saturated rings. The number of anilines is 1. The molecule has 4 heteroatoms. The molecule has 0 bridgehead atoms. The van der Waals surface area contributed by atoms with Crippen LogP contribution in [0.5, 0.6) is 0 Å². The number of nitrogens with two attached hydrogens (primary N) is 1. The predicted octanol–water partition coefficient (Wildman–Crippen LogP) is 3.18. The summed E-state index contributed by atoms with van der Waals surface area (Å²) in [6, 6.07) is 4.95. The smallest absolute Gasteiger partial charge is 0.255 e. The third-order valence-corrected chi connectivity index (χ3v) is 3.63. The summed E-state index contributed by atoms with van der Waals surface area (Å²) in [5, 5.41) is 0.433. The first-order chi connectivity index (χ1) is 7.79. The molecule has 94 valence electrons. The van der Waals surface area contributed by atoms with Crippen molar-refractivity contribution in [3.8, 4) is 0 Å². The van der Waals surface area contributed by atoms with E-state index in [-0.39, 0.29) is 11.4 Å². The first-order valence-corrected chi connectivity index (χ1v) is 6.00. The quantitative estimate of drug-likeness (QED) is 0.842. The zero-order valence-electron chi connectivity index (χ0n) is 10.7. The second-order valence-corrected chi connectivity index (χ2v) is 5.18. The Bertz CT molecular complexity index is 429. The molecular formula is C13H19ClN2O.